The van der Waals surface area contributed by atoms with Crippen LogP contribution >= 0.6 is 23.1 Å². The lowest BCUT2D eigenvalue weighted by Gasteiger charge is -2.26. The van der Waals surface area contributed by atoms with Crippen molar-refractivity contribution in [2.75, 3.05) is 5.75 Å². The fraction of sp³-hybridized carbons (Fsp3) is 0.240. The van der Waals surface area contributed by atoms with E-state index in [0.29, 0.717) is 5.75 Å². The van der Waals surface area contributed by atoms with E-state index in [1.54, 1.807) is 11.3 Å². The van der Waals surface area contributed by atoms with E-state index in [-0.39, 0.29) is 17.9 Å². The van der Waals surface area contributed by atoms with Crippen molar-refractivity contribution >= 4 is 29.0 Å². The van der Waals surface area contributed by atoms with Gasteiger partial charge in [-0.3, -0.25) is 4.79 Å². The molecule has 0 fully saturated rings. The van der Waals surface area contributed by atoms with Crippen molar-refractivity contribution in [3.05, 3.63) is 89.3 Å². The number of rotatable bonds is 9. The van der Waals surface area contributed by atoms with Crippen LogP contribution in [0.4, 0.5) is 0 Å². The molecule has 2 heterocycles. The zero-order chi connectivity index (χ0) is 22.3. The van der Waals surface area contributed by atoms with Gasteiger partial charge in [0, 0.05) is 18.5 Å². The number of hydrogen-bond acceptors (Lipinski definition) is 5. The first kappa shape index (κ1) is 22.3. The fourth-order valence-electron chi connectivity index (χ4n) is 3.87. The third kappa shape index (κ3) is 5.11. The van der Waals surface area contributed by atoms with Crippen LogP contribution < -0.4 is 5.32 Å². The molecule has 0 saturated heterocycles. The summed E-state index contributed by atoms with van der Waals surface area (Å²) in [6.45, 7) is 4.89. The zero-order valence-corrected chi connectivity index (χ0v) is 19.8. The van der Waals surface area contributed by atoms with Crippen LogP contribution in [0.1, 0.15) is 30.9 Å². The van der Waals surface area contributed by atoms with Crippen molar-refractivity contribution < 1.29 is 4.79 Å². The van der Waals surface area contributed by atoms with E-state index in [0.717, 1.165) is 22.4 Å². The predicted octanol–water partition coefficient (Wildman–Crippen LogP) is 5.46. The lowest BCUT2D eigenvalue weighted by Crippen LogP contribution is -2.38. The molecule has 164 valence electrons. The summed E-state index contributed by atoms with van der Waals surface area (Å²) in [5.41, 5.74) is 2.37. The second kappa shape index (κ2) is 10.6. The highest BCUT2D eigenvalue weighted by Crippen LogP contribution is 2.29. The first-order chi connectivity index (χ1) is 15.7. The van der Waals surface area contributed by atoms with Gasteiger partial charge in [-0.1, -0.05) is 78.5 Å². The predicted molar refractivity (Wildman–Crippen MR) is 132 cm³/mol. The molecule has 1 unspecified atom stereocenters. The SMILES string of the molecule is CCn1c(SCC(=O)NC(C)C(c2ccccc2)c2ccccc2)nnc1-c1cccs1. The number of nitrogens with one attached hydrogen (secondary N) is 1. The summed E-state index contributed by atoms with van der Waals surface area (Å²) < 4.78 is 2.06. The molecule has 0 saturated carbocycles. The molecule has 4 aromatic rings. The molecule has 2 aromatic carbocycles. The number of amides is 1. The molecule has 7 heteroatoms. The minimum Gasteiger partial charge on any atom is -0.352 e. The largest absolute Gasteiger partial charge is 0.352 e. The maximum absolute atomic E-state index is 12.8. The van der Waals surface area contributed by atoms with Crippen LogP contribution in [0.5, 0.6) is 0 Å². The van der Waals surface area contributed by atoms with Crippen LogP contribution in [0, 0.1) is 0 Å². The van der Waals surface area contributed by atoms with E-state index in [4.69, 9.17) is 0 Å². The molecule has 32 heavy (non-hydrogen) atoms. The Morgan fingerprint density at radius 1 is 1.00 bits per heavy atom. The first-order valence-electron chi connectivity index (χ1n) is 10.7. The second-order valence-electron chi connectivity index (χ2n) is 7.47. The molecule has 0 aliphatic carbocycles. The highest BCUT2D eigenvalue weighted by atomic mass is 32.2. The summed E-state index contributed by atoms with van der Waals surface area (Å²) in [4.78, 5) is 13.9. The minimum atomic E-state index is -0.0568. The van der Waals surface area contributed by atoms with Gasteiger partial charge in [0.1, 0.15) is 0 Å². The van der Waals surface area contributed by atoms with Crippen LogP contribution in [-0.4, -0.2) is 32.5 Å². The van der Waals surface area contributed by atoms with Gasteiger partial charge >= 0.3 is 0 Å². The van der Waals surface area contributed by atoms with Crippen molar-refractivity contribution in [2.45, 2.75) is 37.5 Å². The average Bonchev–Trinajstić information content (AvgIpc) is 3.49. The second-order valence-corrected chi connectivity index (χ2v) is 9.36. The van der Waals surface area contributed by atoms with Gasteiger partial charge in [-0.05, 0) is 36.4 Å². The van der Waals surface area contributed by atoms with Gasteiger partial charge in [0.2, 0.25) is 5.91 Å². The number of carbonyl (C=O) groups excluding carboxylic acids is 1. The topological polar surface area (TPSA) is 59.8 Å². The van der Waals surface area contributed by atoms with Crippen molar-refractivity contribution in [3.8, 4) is 10.7 Å². The highest BCUT2D eigenvalue weighted by Gasteiger charge is 2.23. The summed E-state index contributed by atoms with van der Waals surface area (Å²) >= 11 is 3.06. The van der Waals surface area contributed by atoms with E-state index < -0.39 is 0 Å². The van der Waals surface area contributed by atoms with E-state index >= 15 is 0 Å². The van der Waals surface area contributed by atoms with E-state index in [1.165, 1.54) is 22.9 Å². The maximum atomic E-state index is 12.8. The Hall–Kier alpha value is -2.90. The molecule has 0 aliphatic heterocycles. The summed E-state index contributed by atoms with van der Waals surface area (Å²) in [5.74, 6) is 1.22. The molecule has 2 aromatic heterocycles. The summed E-state index contributed by atoms with van der Waals surface area (Å²) in [7, 11) is 0. The van der Waals surface area contributed by atoms with E-state index in [2.05, 4.69) is 58.2 Å². The van der Waals surface area contributed by atoms with Gasteiger partial charge in [-0.25, -0.2) is 0 Å². The van der Waals surface area contributed by atoms with Gasteiger partial charge in [0.15, 0.2) is 11.0 Å². The molecule has 4 rings (SSSR count). The van der Waals surface area contributed by atoms with Crippen LogP contribution in [-0.2, 0) is 11.3 Å². The summed E-state index contributed by atoms with van der Waals surface area (Å²) in [6.07, 6.45) is 0. The van der Waals surface area contributed by atoms with Crippen molar-refractivity contribution in [1.29, 1.82) is 0 Å². The number of hydrogen-bond donors (Lipinski definition) is 1. The number of carbonyl (C=O) groups is 1. The number of benzene rings is 2. The average molecular weight is 463 g/mol. The Morgan fingerprint density at radius 2 is 1.66 bits per heavy atom. The Kier molecular flexibility index (Phi) is 7.39. The van der Waals surface area contributed by atoms with E-state index in [1.807, 2.05) is 53.9 Å². The van der Waals surface area contributed by atoms with E-state index in [9.17, 15) is 4.79 Å². The molecule has 0 spiro atoms. The highest BCUT2D eigenvalue weighted by molar-refractivity contribution is 7.99. The third-order valence-electron chi connectivity index (χ3n) is 5.31. The molecule has 5 nitrogen and oxygen atoms in total. The Labute approximate surface area is 196 Å². The Balaban J connectivity index is 1.44. The van der Waals surface area contributed by atoms with Gasteiger partial charge in [0.25, 0.3) is 0 Å². The number of aromatic nitrogens is 3. The molecule has 1 N–H and O–H groups in total. The Morgan fingerprint density at radius 3 is 2.22 bits per heavy atom. The van der Waals surface area contributed by atoms with Gasteiger partial charge < -0.3 is 9.88 Å². The molecule has 0 radical (unpaired) electrons. The van der Waals surface area contributed by atoms with Crippen LogP contribution in [0.2, 0.25) is 0 Å². The monoisotopic (exact) mass is 462 g/mol. The molecular formula is C25H26N4OS2. The summed E-state index contributed by atoms with van der Waals surface area (Å²) in [5, 5.41) is 14.7. The molecule has 1 amide bonds. The fourth-order valence-corrected chi connectivity index (χ4v) is 5.40. The standard InChI is InChI=1S/C25H26N4OS2/c1-3-29-24(21-15-10-16-31-21)27-28-25(29)32-17-22(30)26-18(2)23(19-11-6-4-7-12-19)20-13-8-5-9-14-20/h4-16,18,23H,3,17H2,1-2H3,(H,26,30). The van der Waals surface area contributed by atoms with Crippen molar-refractivity contribution in [1.82, 2.24) is 20.1 Å². The number of nitrogens with zero attached hydrogens (tertiary/aromatic N) is 3. The quantitative estimate of drug-likeness (QED) is 0.336. The Bertz CT molecular complexity index is 1090. The molecule has 1 atom stereocenters. The smallest absolute Gasteiger partial charge is 0.230 e. The summed E-state index contributed by atoms with van der Waals surface area (Å²) in [6, 6.07) is 24.6. The third-order valence-corrected chi connectivity index (χ3v) is 7.15. The zero-order valence-electron chi connectivity index (χ0n) is 18.1. The molecule has 0 aliphatic rings. The maximum Gasteiger partial charge on any atom is 0.230 e. The first-order valence-corrected chi connectivity index (χ1v) is 12.5. The number of thioether (sulfide) groups is 1. The lowest BCUT2D eigenvalue weighted by atomic mass is 9.86. The van der Waals surface area contributed by atoms with Crippen LogP contribution in [0.3, 0.4) is 0 Å². The van der Waals surface area contributed by atoms with Crippen molar-refractivity contribution in [2.24, 2.45) is 0 Å². The number of thiophene rings is 1. The minimum absolute atomic E-state index is 0.0114. The lowest BCUT2D eigenvalue weighted by molar-refractivity contribution is -0.119. The normalized spacial score (nSPS) is 12.1. The molecular weight excluding hydrogens is 436 g/mol. The van der Waals surface area contributed by atoms with Gasteiger partial charge in [-0.15, -0.1) is 21.5 Å². The van der Waals surface area contributed by atoms with Gasteiger partial charge in [-0.2, -0.15) is 0 Å². The van der Waals surface area contributed by atoms with Crippen LogP contribution in [0.25, 0.3) is 10.7 Å². The molecule has 0 bridgehead atoms. The van der Waals surface area contributed by atoms with Crippen LogP contribution in [0.15, 0.2) is 83.3 Å². The van der Waals surface area contributed by atoms with Gasteiger partial charge in [0.05, 0.1) is 10.6 Å². The van der Waals surface area contributed by atoms with Crippen molar-refractivity contribution in [3.63, 3.8) is 0 Å².